The Hall–Kier alpha value is -4.37. The summed E-state index contributed by atoms with van der Waals surface area (Å²) in [5, 5.41) is 11.6. The molecule has 0 bridgehead atoms. The summed E-state index contributed by atoms with van der Waals surface area (Å²) in [6, 6.07) is 11.9. The third-order valence-electron chi connectivity index (χ3n) is 6.25. The highest BCUT2D eigenvalue weighted by molar-refractivity contribution is 6.46. The Morgan fingerprint density at radius 3 is 2.41 bits per heavy atom. The Bertz CT molecular complexity index is 1420. The summed E-state index contributed by atoms with van der Waals surface area (Å²) in [5.74, 6) is -2.02. The van der Waals surface area contributed by atoms with Gasteiger partial charge in [-0.2, -0.15) is 0 Å². The zero-order chi connectivity index (χ0) is 28.1. The molecule has 0 radical (unpaired) electrons. The number of methoxy groups -OCH3 is 2. The summed E-state index contributed by atoms with van der Waals surface area (Å²) in [4.78, 5) is 44.3. The molecule has 3 aromatic rings. The molecule has 4 rings (SSSR count). The minimum atomic E-state index is -0.946. The predicted octanol–water partition coefficient (Wildman–Crippen LogP) is 4.94. The normalized spacial score (nSPS) is 16.3. The number of amides is 1. The van der Waals surface area contributed by atoms with Crippen molar-refractivity contribution in [2.45, 2.75) is 25.9 Å². The number of hydrogen-bond acceptors (Lipinski definition) is 8. The third kappa shape index (κ3) is 5.58. The molecule has 1 unspecified atom stereocenters. The Morgan fingerprint density at radius 2 is 1.79 bits per heavy atom. The number of halogens is 1. The predicted molar refractivity (Wildman–Crippen MR) is 144 cm³/mol. The number of aliphatic hydroxyl groups is 1. The first-order valence-electron chi connectivity index (χ1n) is 12.2. The molecule has 1 N–H and O–H groups in total. The van der Waals surface area contributed by atoms with Gasteiger partial charge in [0, 0.05) is 25.0 Å². The van der Waals surface area contributed by atoms with Crippen molar-refractivity contribution < 1.29 is 33.7 Å². The van der Waals surface area contributed by atoms with Gasteiger partial charge in [0.1, 0.15) is 17.3 Å². The number of Topliss-reactive ketones (excluding diaryl/α,β-unsaturated/α-hetero) is 1. The molecule has 1 amide bonds. The van der Waals surface area contributed by atoms with E-state index in [0.717, 1.165) is 0 Å². The van der Waals surface area contributed by atoms with Gasteiger partial charge in [0.05, 0.1) is 48.6 Å². The van der Waals surface area contributed by atoms with Crippen molar-refractivity contribution >= 4 is 35.0 Å². The summed E-state index contributed by atoms with van der Waals surface area (Å²) >= 11 is 6.31. The van der Waals surface area contributed by atoms with Crippen LogP contribution in [0.3, 0.4) is 0 Å². The SMILES string of the molecule is CCCOC(=O)c1ccc(CN2C(=O)C(=O)/C(=C(/O)c3cc(Cl)c(OC)cc3OC)C2c2cccnc2)cc1. The van der Waals surface area contributed by atoms with Gasteiger partial charge in [-0.3, -0.25) is 14.6 Å². The molecular formula is C29H27ClN2O7. The van der Waals surface area contributed by atoms with E-state index < -0.39 is 29.5 Å². The summed E-state index contributed by atoms with van der Waals surface area (Å²) in [6.07, 6.45) is 3.81. The summed E-state index contributed by atoms with van der Waals surface area (Å²) in [7, 11) is 2.84. The smallest absolute Gasteiger partial charge is 0.338 e. The number of likely N-dealkylation sites (tertiary alicyclic amines) is 1. The highest BCUT2D eigenvalue weighted by Gasteiger charge is 2.46. The first-order chi connectivity index (χ1) is 18.8. The lowest BCUT2D eigenvalue weighted by atomic mass is 9.95. The van der Waals surface area contributed by atoms with E-state index in [2.05, 4.69) is 4.98 Å². The topological polar surface area (TPSA) is 115 Å². The number of ether oxygens (including phenoxy) is 3. The number of carbonyl (C=O) groups excluding carboxylic acids is 3. The number of rotatable bonds is 9. The maximum Gasteiger partial charge on any atom is 0.338 e. The molecule has 1 atom stereocenters. The lowest BCUT2D eigenvalue weighted by Gasteiger charge is -2.25. The first-order valence-corrected chi connectivity index (χ1v) is 12.5. The molecule has 2 aromatic carbocycles. The molecular weight excluding hydrogens is 524 g/mol. The van der Waals surface area contributed by atoms with Crippen LogP contribution in [0.25, 0.3) is 5.76 Å². The zero-order valence-corrected chi connectivity index (χ0v) is 22.4. The van der Waals surface area contributed by atoms with E-state index in [1.807, 2.05) is 6.92 Å². The van der Waals surface area contributed by atoms with Crippen molar-refractivity contribution in [1.29, 1.82) is 0 Å². The largest absolute Gasteiger partial charge is 0.507 e. The van der Waals surface area contributed by atoms with Crippen molar-refractivity contribution in [2.24, 2.45) is 0 Å². The second-order valence-electron chi connectivity index (χ2n) is 8.73. The van der Waals surface area contributed by atoms with Gasteiger partial charge in [-0.15, -0.1) is 0 Å². The maximum atomic E-state index is 13.4. The van der Waals surface area contributed by atoms with E-state index >= 15 is 0 Å². The number of esters is 1. The van der Waals surface area contributed by atoms with Crippen LogP contribution in [0.15, 0.2) is 66.5 Å². The van der Waals surface area contributed by atoms with E-state index in [0.29, 0.717) is 35.5 Å². The maximum absolute atomic E-state index is 13.4. The summed E-state index contributed by atoms with van der Waals surface area (Å²) < 4.78 is 15.8. The molecule has 2 heterocycles. The van der Waals surface area contributed by atoms with Gasteiger partial charge in [-0.05, 0) is 41.8 Å². The number of ketones is 1. The Labute approximate surface area is 230 Å². The average Bonchev–Trinajstić information content (AvgIpc) is 3.21. The molecule has 0 saturated carbocycles. The fraction of sp³-hybridized carbons (Fsp3) is 0.241. The van der Waals surface area contributed by atoms with Crippen LogP contribution >= 0.6 is 11.6 Å². The molecule has 202 valence electrons. The molecule has 1 aliphatic rings. The molecule has 1 aromatic heterocycles. The van der Waals surface area contributed by atoms with E-state index in [4.69, 9.17) is 25.8 Å². The van der Waals surface area contributed by atoms with Gasteiger partial charge in [-0.1, -0.05) is 36.7 Å². The molecule has 1 fully saturated rings. The standard InChI is InChI=1S/C29H27ClN2O7/c1-4-12-39-29(36)18-9-7-17(8-10-18)16-32-25(19-6-5-11-31-15-19)24(27(34)28(32)35)26(33)20-13-21(30)23(38-3)14-22(20)37-2/h5-11,13-15,25,33H,4,12,16H2,1-3H3/b26-24+. The quantitative estimate of drug-likeness (QED) is 0.172. The molecule has 0 aliphatic carbocycles. The van der Waals surface area contributed by atoms with Crippen molar-refractivity contribution in [3.05, 3.63) is 93.8 Å². The fourth-order valence-corrected chi connectivity index (χ4v) is 4.58. The number of hydrogen-bond donors (Lipinski definition) is 1. The van der Waals surface area contributed by atoms with Crippen LogP contribution < -0.4 is 9.47 Å². The van der Waals surface area contributed by atoms with Crippen LogP contribution in [-0.2, 0) is 20.9 Å². The van der Waals surface area contributed by atoms with Gasteiger partial charge >= 0.3 is 5.97 Å². The van der Waals surface area contributed by atoms with E-state index in [9.17, 15) is 19.5 Å². The van der Waals surface area contributed by atoms with Crippen LogP contribution in [-0.4, -0.2) is 53.5 Å². The average molecular weight is 551 g/mol. The second kappa shape index (κ2) is 12.0. The summed E-state index contributed by atoms with van der Waals surface area (Å²) in [5.41, 5.74) is 1.57. The van der Waals surface area contributed by atoms with E-state index in [1.165, 1.54) is 37.4 Å². The molecule has 9 nitrogen and oxygen atoms in total. The Balaban J connectivity index is 1.77. The van der Waals surface area contributed by atoms with Crippen LogP contribution in [0.4, 0.5) is 0 Å². The highest BCUT2D eigenvalue weighted by Crippen LogP contribution is 2.43. The van der Waals surface area contributed by atoms with Crippen molar-refractivity contribution in [2.75, 3.05) is 20.8 Å². The lowest BCUT2D eigenvalue weighted by molar-refractivity contribution is -0.140. The molecule has 1 aliphatic heterocycles. The number of benzene rings is 2. The van der Waals surface area contributed by atoms with Crippen molar-refractivity contribution in [3.8, 4) is 11.5 Å². The minimum Gasteiger partial charge on any atom is -0.507 e. The molecule has 1 saturated heterocycles. The van der Waals surface area contributed by atoms with Gasteiger partial charge < -0.3 is 24.2 Å². The Morgan fingerprint density at radius 1 is 1.08 bits per heavy atom. The second-order valence-corrected chi connectivity index (χ2v) is 9.14. The van der Waals surface area contributed by atoms with Crippen LogP contribution in [0.2, 0.25) is 5.02 Å². The molecule has 39 heavy (non-hydrogen) atoms. The van der Waals surface area contributed by atoms with Gasteiger partial charge in [0.25, 0.3) is 11.7 Å². The zero-order valence-electron chi connectivity index (χ0n) is 21.6. The minimum absolute atomic E-state index is 0.0334. The Kier molecular flexibility index (Phi) is 8.51. The number of aliphatic hydroxyl groups excluding tert-OH is 1. The van der Waals surface area contributed by atoms with E-state index in [1.54, 1.807) is 42.6 Å². The van der Waals surface area contributed by atoms with Crippen molar-refractivity contribution in [1.82, 2.24) is 9.88 Å². The van der Waals surface area contributed by atoms with E-state index in [-0.39, 0.29) is 28.5 Å². The third-order valence-corrected chi connectivity index (χ3v) is 6.54. The fourth-order valence-electron chi connectivity index (χ4n) is 4.34. The number of carbonyl (C=O) groups is 3. The van der Waals surface area contributed by atoms with Crippen LogP contribution in [0, 0.1) is 0 Å². The van der Waals surface area contributed by atoms with Crippen molar-refractivity contribution in [3.63, 3.8) is 0 Å². The number of pyridine rings is 1. The first kappa shape index (κ1) is 27.7. The summed E-state index contributed by atoms with van der Waals surface area (Å²) in [6.45, 7) is 2.26. The monoisotopic (exact) mass is 550 g/mol. The molecule has 10 heteroatoms. The van der Waals surface area contributed by atoms with Gasteiger partial charge in [-0.25, -0.2) is 4.79 Å². The lowest BCUT2D eigenvalue weighted by Crippen LogP contribution is -2.29. The molecule has 0 spiro atoms. The van der Waals surface area contributed by atoms with Crippen LogP contribution in [0.5, 0.6) is 11.5 Å². The van der Waals surface area contributed by atoms with Crippen LogP contribution in [0.1, 0.15) is 46.4 Å². The number of aromatic nitrogens is 1. The van der Waals surface area contributed by atoms with Gasteiger partial charge in [0.2, 0.25) is 0 Å². The van der Waals surface area contributed by atoms with Gasteiger partial charge in [0.15, 0.2) is 0 Å². The highest BCUT2D eigenvalue weighted by atomic mass is 35.5. The number of nitrogens with zero attached hydrogens (tertiary/aromatic N) is 2.